The van der Waals surface area contributed by atoms with Gasteiger partial charge in [-0.1, -0.05) is 30.3 Å². The van der Waals surface area contributed by atoms with Crippen LogP contribution in [0.4, 0.5) is 0 Å². The van der Waals surface area contributed by atoms with Crippen molar-refractivity contribution in [2.24, 2.45) is 0 Å². The van der Waals surface area contributed by atoms with Crippen LogP contribution in [0.5, 0.6) is 0 Å². The van der Waals surface area contributed by atoms with Crippen LogP contribution in [0.1, 0.15) is 18.4 Å². The summed E-state index contributed by atoms with van der Waals surface area (Å²) in [6.45, 7) is 0.507. The molecule has 2 N–H and O–H groups in total. The molecular formula is C13H15N3O4S. The molecule has 0 unspecified atom stereocenters. The number of benzene rings is 1. The normalized spacial score (nSPS) is 10.5. The fraction of sp³-hybridized carbons (Fsp3) is 0.308. The van der Waals surface area contributed by atoms with E-state index in [1.807, 2.05) is 30.3 Å². The first-order chi connectivity index (χ1) is 10.1. The zero-order chi connectivity index (χ0) is 15.2. The molecule has 0 aliphatic carbocycles. The first-order valence-electron chi connectivity index (χ1n) is 6.39. The lowest BCUT2D eigenvalue weighted by atomic mass is 10.2. The fourth-order valence-electron chi connectivity index (χ4n) is 1.87. The predicted octanol–water partition coefficient (Wildman–Crippen LogP) is 0.405. The van der Waals surface area contributed by atoms with Gasteiger partial charge in [0, 0.05) is 24.5 Å². The van der Waals surface area contributed by atoms with Crippen molar-refractivity contribution in [2.45, 2.75) is 25.9 Å². The van der Waals surface area contributed by atoms with Crippen molar-refractivity contribution in [3.63, 3.8) is 0 Å². The SMILES string of the molecule is O=C(CCCn1sc(=O)n(Cc2ccccc2)c1=O)NO. The van der Waals surface area contributed by atoms with Crippen LogP contribution in [0.15, 0.2) is 39.9 Å². The Morgan fingerprint density at radius 2 is 1.95 bits per heavy atom. The molecule has 21 heavy (non-hydrogen) atoms. The molecule has 0 fully saturated rings. The number of aryl methyl sites for hydroxylation is 1. The van der Waals surface area contributed by atoms with E-state index in [2.05, 4.69) is 0 Å². The molecule has 1 aromatic carbocycles. The number of carbonyl (C=O) groups excluding carboxylic acids is 1. The van der Waals surface area contributed by atoms with E-state index in [0.717, 1.165) is 17.1 Å². The second kappa shape index (κ2) is 7.00. The molecule has 2 aromatic rings. The maximum Gasteiger partial charge on any atom is 0.341 e. The first-order valence-corrected chi connectivity index (χ1v) is 7.17. The van der Waals surface area contributed by atoms with E-state index in [9.17, 15) is 14.4 Å². The van der Waals surface area contributed by atoms with E-state index in [4.69, 9.17) is 5.21 Å². The van der Waals surface area contributed by atoms with Gasteiger partial charge in [0.15, 0.2) is 0 Å². The summed E-state index contributed by atoms with van der Waals surface area (Å²) in [5, 5.41) is 8.38. The van der Waals surface area contributed by atoms with Crippen LogP contribution in [0.2, 0.25) is 0 Å². The first kappa shape index (κ1) is 15.2. The molecule has 1 heterocycles. The molecule has 0 aliphatic rings. The van der Waals surface area contributed by atoms with Gasteiger partial charge < -0.3 is 0 Å². The highest BCUT2D eigenvalue weighted by Gasteiger charge is 2.10. The van der Waals surface area contributed by atoms with E-state index in [1.54, 1.807) is 0 Å². The number of rotatable bonds is 6. The van der Waals surface area contributed by atoms with Gasteiger partial charge in [-0.25, -0.2) is 18.8 Å². The molecule has 0 radical (unpaired) electrons. The Bertz CT molecular complexity index is 717. The maximum atomic E-state index is 12.1. The number of amides is 1. The van der Waals surface area contributed by atoms with Crippen molar-refractivity contribution in [1.82, 2.24) is 14.0 Å². The number of nitrogens with zero attached hydrogens (tertiary/aromatic N) is 2. The molecule has 0 saturated carbocycles. The van der Waals surface area contributed by atoms with Crippen molar-refractivity contribution in [2.75, 3.05) is 0 Å². The monoisotopic (exact) mass is 309 g/mol. The van der Waals surface area contributed by atoms with E-state index in [0.29, 0.717) is 6.42 Å². The van der Waals surface area contributed by atoms with Gasteiger partial charge in [0.1, 0.15) is 0 Å². The lowest BCUT2D eigenvalue weighted by Crippen LogP contribution is -2.29. The van der Waals surface area contributed by atoms with Gasteiger partial charge in [0.05, 0.1) is 6.54 Å². The summed E-state index contributed by atoms with van der Waals surface area (Å²) in [4.78, 5) is 34.6. The minimum Gasteiger partial charge on any atom is -0.289 e. The standard InChI is InChI=1S/C13H15N3O4S/c17-11(14-20)7-4-8-16-12(18)15(13(19)21-16)9-10-5-2-1-3-6-10/h1-3,5-6,20H,4,7-9H2,(H,14,17). The lowest BCUT2D eigenvalue weighted by molar-refractivity contribution is -0.129. The van der Waals surface area contributed by atoms with Crippen LogP contribution in [-0.2, 0) is 17.9 Å². The van der Waals surface area contributed by atoms with Gasteiger partial charge in [0.2, 0.25) is 5.91 Å². The van der Waals surface area contributed by atoms with E-state index in [-0.39, 0.29) is 30.1 Å². The van der Waals surface area contributed by atoms with Crippen LogP contribution in [-0.4, -0.2) is 19.6 Å². The summed E-state index contributed by atoms with van der Waals surface area (Å²) in [7, 11) is 0. The average molecular weight is 309 g/mol. The Labute approximate surface area is 124 Å². The molecule has 0 atom stereocenters. The van der Waals surface area contributed by atoms with Crippen LogP contribution >= 0.6 is 11.5 Å². The van der Waals surface area contributed by atoms with Crippen molar-refractivity contribution in [3.8, 4) is 0 Å². The van der Waals surface area contributed by atoms with Crippen LogP contribution in [0.3, 0.4) is 0 Å². The summed E-state index contributed by atoms with van der Waals surface area (Å²) in [6, 6.07) is 9.25. The Kier molecular flexibility index (Phi) is 5.07. The molecule has 1 amide bonds. The molecule has 0 saturated heterocycles. The molecule has 112 valence electrons. The van der Waals surface area contributed by atoms with Crippen LogP contribution in [0.25, 0.3) is 0 Å². The summed E-state index contributed by atoms with van der Waals surface area (Å²) in [5.74, 6) is -0.515. The average Bonchev–Trinajstić information content (AvgIpc) is 2.76. The largest absolute Gasteiger partial charge is 0.341 e. The molecule has 0 aliphatic heterocycles. The summed E-state index contributed by atoms with van der Waals surface area (Å²) >= 11 is 0.837. The predicted molar refractivity (Wildman–Crippen MR) is 77.5 cm³/mol. The van der Waals surface area contributed by atoms with E-state index < -0.39 is 5.91 Å². The highest BCUT2D eigenvalue weighted by Crippen LogP contribution is 2.01. The van der Waals surface area contributed by atoms with Crippen molar-refractivity contribution in [3.05, 3.63) is 56.0 Å². The van der Waals surface area contributed by atoms with Crippen molar-refractivity contribution < 1.29 is 10.0 Å². The van der Waals surface area contributed by atoms with Gasteiger partial charge in [-0.05, 0) is 12.0 Å². The number of nitrogens with one attached hydrogen (secondary N) is 1. The third kappa shape index (κ3) is 3.89. The molecule has 0 bridgehead atoms. The van der Waals surface area contributed by atoms with Gasteiger partial charge in [-0.3, -0.25) is 14.8 Å². The zero-order valence-electron chi connectivity index (χ0n) is 11.2. The minimum absolute atomic E-state index is 0.0910. The number of carbonyl (C=O) groups is 1. The van der Waals surface area contributed by atoms with E-state index >= 15 is 0 Å². The number of hydroxylamine groups is 1. The maximum absolute atomic E-state index is 12.1. The summed E-state index contributed by atoms with van der Waals surface area (Å²) in [5.41, 5.74) is 2.02. The molecular weight excluding hydrogens is 294 g/mol. The van der Waals surface area contributed by atoms with Gasteiger partial charge >= 0.3 is 10.6 Å². The smallest absolute Gasteiger partial charge is 0.289 e. The quantitative estimate of drug-likeness (QED) is 0.597. The lowest BCUT2D eigenvalue weighted by Gasteiger charge is -2.01. The number of aromatic nitrogens is 2. The number of hydrogen-bond donors (Lipinski definition) is 2. The van der Waals surface area contributed by atoms with Gasteiger partial charge in [-0.2, -0.15) is 0 Å². The zero-order valence-corrected chi connectivity index (χ0v) is 12.0. The van der Waals surface area contributed by atoms with Crippen molar-refractivity contribution in [1.29, 1.82) is 0 Å². The third-order valence-corrected chi connectivity index (χ3v) is 3.86. The Morgan fingerprint density at radius 3 is 2.62 bits per heavy atom. The topological polar surface area (TPSA) is 93.3 Å². The Morgan fingerprint density at radius 1 is 1.24 bits per heavy atom. The van der Waals surface area contributed by atoms with E-state index in [1.165, 1.54) is 14.0 Å². The van der Waals surface area contributed by atoms with Crippen LogP contribution < -0.4 is 16.0 Å². The Balaban J connectivity index is 2.09. The molecule has 7 nitrogen and oxygen atoms in total. The molecule has 1 aromatic heterocycles. The fourth-order valence-corrected chi connectivity index (χ4v) is 2.70. The summed E-state index contributed by atoms with van der Waals surface area (Å²) in [6.07, 6.45) is 0.464. The molecule has 2 rings (SSSR count). The summed E-state index contributed by atoms with van der Waals surface area (Å²) < 4.78 is 2.50. The Hall–Kier alpha value is -2.19. The molecule has 0 spiro atoms. The van der Waals surface area contributed by atoms with Crippen molar-refractivity contribution >= 4 is 17.4 Å². The number of hydrogen-bond acceptors (Lipinski definition) is 5. The highest BCUT2D eigenvalue weighted by atomic mass is 32.1. The second-order valence-corrected chi connectivity index (χ2v) is 5.42. The van der Waals surface area contributed by atoms with Gasteiger partial charge in [-0.15, -0.1) is 0 Å². The molecule has 8 heteroatoms. The third-order valence-electron chi connectivity index (χ3n) is 2.93. The highest BCUT2D eigenvalue weighted by molar-refractivity contribution is 7.03. The van der Waals surface area contributed by atoms with Crippen LogP contribution in [0, 0.1) is 0 Å². The van der Waals surface area contributed by atoms with Gasteiger partial charge in [0.25, 0.3) is 0 Å². The second-order valence-electron chi connectivity index (χ2n) is 4.45. The minimum atomic E-state index is -0.515.